The van der Waals surface area contributed by atoms with E-state index in [2.05, 4.69) is 32.3 Å². The molecule has 3 atom stereocenters. The van der Waals surface area contributed by atoms with Crippen LogP contribution in [0.15, 0.2) is 17.1 Å². The second-order valence-electron chi connectivity index (χ2n) is 6.50. The minimum Gasteiger partial charge on any atom is -0.393 e. The topological polar surface area (TPSA) is 51.1 Å². The summed E-state index contributed by atoms with van der Waals surface area (Å²) in [5.74, 6) is 1.40. The average Bonchev–Trinajstić information content (AvgIpc) is 3.20. The van der Waals surface area contributed by atoms with Gasteiger partial charge >= 0.3 is 0 Å². The SMILES string of the molecule is CN=C(NCC1CCCC1O)N1CCC(N2CC=CC2)C1. The molecule has 0 amide bonds. The molecule has 3 unspecified atom stereocenters. The summed E-state index contributed by atoms with van der Waals surface area (Å²) in [6.45, 7) is 5.18. The molecule has 5 heteroatoms. The highest BCUT2D eigenvalue weighted by molar-refractivity contribution is 5.80. The second-order valence-corrected chi connectivity index (χ2v) is 6.50. The summed E-state index contributed by atoms with van der Waals surface area (Å²) in [5.41, 5.74) is 0. The van der Waals surface area contributed by atoms with Crippen molar-refractivity contribution in [2.75, 3.05) is 39.8 Å². The minimum absolute atomic E-state index is 0.127. The Morgan fingerprint density at radius 1 is 1.29 bits per heavy atom. The predicted octanol–water partition coefficient (Wildman–Crippen LogP) is 0.669. The molecule has 118 valence electrons. The van der Waals surface area contributed by atoms with Gasteiger partial charge in [0.2, 0.25) is 0 Å². The molecule has 2 aliphatic heterocycles. The number of aliphatic hydroxyl groups excluding tert-OH is 1. The van der Waals surface area contributed by atoms with Gasteiger partial charge in [0, 0.05) is 51.7 Å². The fourth-order valence-electron chi connectivity index (χ4n) is 3.83. The Morgan fingerprint density at radius 3 is 2.76 bits per heavy atom. The minimum atomic E-state index is -0.127. The molecular weight excluding hydrogens is 264 g/mol. The van der Waals surface area contributed by atoms with Crippen LogP contribution in [0.4, 0.5) is 0 Å². The van der Waals surface area contributed by atoms with Gasteiger partial charge in [-0.25, -0.2) is 0 Å². The lowest BCUT2D eigenvalue weighted by molar-refractivity contribution is 0.134. The van der Waals surface area contributed by atoms with Crippen molar-refractivity contribution in [3.05, 3.63) is 12.2 Å². The first-order valence-electron chi connectivity index (χ1n) is 8.30. The zero-order valence-electron chi connectivity index (χ0n) is 13.0. The van der Waals surface area contributed by atoms with Gasteiger partial charge < -0.3 is 15.3 Å². The maximum Gasteiger partial charge on any atom is 0.193 e. The van der Waals surface area contributed by atoms with Crippen LogP contribution >= 0.6 is 0 Å². The number of nitrogens with one attached hydrogen (secondary N) is 1. The highest BCUT2D eigenvalue weighted by Gasteiger charge is 2.30. The van der Waals surface area contributed by atoms with Crippen LogP contribution in [0.2, 0.25) is 0 Å². The molecule has 2 fully saturated rings. The molecule has 3 aliphatic rings. The molecule has 0 spiro atoms. The van der Waals surface area contributed by atoms with Crippen LogP contribution in [0, 0.1) is 5.92 Å². The van der Waals surface area contributed by atoms with Gasteiger partial charge in [-0.15, -0.1) is 0 Å². The number of aliphatic imine (C=N–C) groups is 1. The highest BCUT2D eigenvalue weighted by Crippen LogP contribution is 2.25. The zero-order valence-corrected chi connectivity index (χ0v) is 13.0. The molecule has 0 radical (unpaired) electrons. The summed E-state index contributed by atoms with van der Waals surface area (Å²) >= 11 is 0. The van der Waals surface area contributed by atoms with Crippen LogP contribution in [-0.4, -0.2) is 72.8 Å². The standard InChI is InChI=1S/C16H28N4O/c1-17-16(18-11-13-5-4-6-15(13)21)20-10-7-14(12-20)19-8-2-3-9-19/h2-3,13-15,21H,4-12H2,1H3,(H,17,18). The van der Waals surface area contributed by atoms with E-state index in [1.54, 1.807) is 0 Å². The summed E-state index contributed by atoms with van der Waals surface area (Å²) in [5, 5.41) is 13.4. The van der Waals surface area contributed by atoms with Crippen LogP contribution in [0.3, 0.4) is 0 Å². The summed E-state index contributed by atoms with van der Waals surface area (Å²) in [6.07, 6.45) is 8.85. The predicted molar refractivity (Wildman–Crippen MR) is 85.4 cm³/mol. The third kappa shape index (κ3) is 3.40. The molecule has 1 aliphatic carbocycles. The second kappa shape index (κ2) is 6.79. The summed E-state index contributed by atoms with van der Waals surface area (Å²) < 4.78 is 0. The Bertz CT molecular complexity index is 401. The van der Waals surface area contributed by atoms with Gasteiger partial charge in [-0.2, -0.15) is 0 Å². The van der Waals surface area contributed by atoms with E-state index in [4.69, 9.17) is 0 Å². The Balaban J connectivity index is 1.48. The van der Waals surface area contributed by atoms with Crippen molar-refractivity contribution in [1.82, 2.24) is 15.1 Å². The van der Waals surface area contributed by atoms with E-state index in [9.17, 15) is 5.11 Å². The lowest BCUT2D eigenvalue weighted by atomic mass is 10.1. The highest BCUT2D eigenvalue weighted by atomic mass is 16.3. The molecule has 0 aromatic rings. The summed E-state index contributed by atoms with van der Waals surface area (Å²) in [6, 6.07) is 0.649. The number of likely N-dealkylation sites (tertiary alicyclic amines) is 1. The van der Waals surface area contributed by atoms with Gasteiger partial charge in [-0.3, -0.25) is 9.89 Å². The molecule has 21 heavy (non-hydrogen) atoms. The number of aliphatic hydroxyl groups is 1. The molecular formula is C16H28N4O. The van der Waals surface area contributed by atoms with E-state index in [1.165, 1.54) is 6.42 Å². The van der Waals surface area contributed by atoms with Gasteiger partial charge in [0.05, 0.1) is 6.10 Å². The molecule has 5 nitrogen and oxygen atoms in total. The normalized spacial score (nSPS) is 34.1. The van der Waals surface area contributed by atoms with Crippen molar-refractivity contribution >= 4 is 5.96 Å². The van der Waals surface area contributed by atoms with Crippen molar-refractivity contribution in [2.24, 2.45) is 10.9 Å². The van der Waals surface area contributed by atoms with Crippen molar-refractivity contribution in [3.63, 3.8) is 0 Å². The molecule has 2 heterocycles. The van der Waals surface area contributed by atoms with Crippen molar-refractivity contribution in [3.8, 4) is 0 Å². The number of rotatable bonds is 3. The lowest BCUT2D eigenvalue weighted by Gasteiger charge is -2.26. The molecule has 0 aromatic heterocycles. The Hall–Kier alpha value is -1.07. The first-order chi connectivity index (χ1) is 10.3. The van der Waals surface area contributed by atoms with E-state index in [1.807, 2.05) is 7.05 Å². The Kier molecular flexibility index (Phi) is 4.80. The zero-order chi connectivity index (χ0) is 14.7. The number of hydrogen-bond acceptors (Lipinski definition) is 3. The van der Waals surface area contributed by atoms with E-state index in [0.717, 1.165) is 57.9 Å². The number of hydrogen-bond donors (Lipinski definition) is 2. The van der Waals surface area contributed by atoms with E-state index >= 15 is 0 Å². The van der Waals surface area contributed by atoms with Crippen molar-refractivity contribution in [1.29, 1.82) is 0 Å². The van der Waals surface area contributed by atoms with Crippen LogP contribution < -0.4 is 5.32 Å². The third-order valence-electron chi connectivity index (χ3n) is 5.18. The van der Waals surface area contributed by atoms with Crippen molar-refractivity contribution in [2.45, 2.75) is 37.8 Å². The molecule has 1 saturated heterocycles. The van der Waals surface area contributed by atoms with Gasteiger partial charge in [0.25, 0.3) is 0 Å². The van der Waals surface area contributed by atoms with Gasteiger partial charge in [0.1, 0.15) is 0 Å². The Morgan fingerprint density at radius 2 is 2.10 bits per heavy atom. The maximum atomic E-state index is 9.92. The molecule has 2 N–H and O–H groups in total. The van der Waals surface area contributed by atoms with Crippen LogP contribution in [0.25, 0.3) is 0 Å². The monoisotopic (exact) mass is 292 g/mol. The van der Waals surface area contributed by atoms with E-state index in [-0.39, 0.29) is 6.10 Å². The third-order valence-corrected chi connectivity index (χ3v) is 5.18. The molecule has 0 bridgehead atoms. The van der Waals surface area contributed by atoms with Crippen LogP contribution in [0.1, 0.15) is 25.7 Å². The maximum absolute atomic E-state index is 9.92. The summed E-state index contributed by atoms with van der Waals surface area (Å²) in [4.78, 5) is 9.33. The first-order valence-corrected chi connectivity index (χ1v) is 8.30. The average molecular weight is 292 g/mol. The smallest absolute Gasteiger partial charge is 0.193 e. The fourth-order valence-corrected chi connectivity index (χ4v) is 3.83. The molecule has 0 aromatic carbocycles. The number of guanidine groups is 1. The molecule has 3 rings (SSSR count). The fraction of sp³-hybridized carbons (Fsp3) is 0.812. The van der Waals surface area contributed by atoms with E-state index in [0.29, 0.717) is 12.0 Å². The quantitative estimate of drug-likeness (QED) is 0.456. The van der Waals surface area contributed by atoms with Crippen molar-refractivity contribution < 1.29 is 5.11 Å². The van der Waals surface area contributed by atoms with Gasteiger partial charge in [0.15, 0.2) is 5.96 Å². The largest absolute Gasteiger partial charge is 0.393 e. The van der Waals surface area contributed by atoms with Gasteiger partial charge in [-0.1, -0.05) is 18.6 Å². The summed E-state index contributed by atoms with van der Waals surface area (Å²) in [7, 11) is 1.86. The van der Waals surface area contributed by atoms with Crippen LogP contribution in [-0.2, 0) is 0 Å². The van der Waals surface area contributed by atoms with E-state index < -0.39 is 0 Å². The first kappa shape index (κ1) is 14.9. The Labute approximate surface area is 127 Å². The van der Waals surface area contributed by atoms with Gasteiger partial charge in [-0.05, 0) is 19.3 Å². The molecule has 1 saturated carbocycles. The van der Waals surface area contributed by atoms with Crippen LogP contribution in [0.5, 0.6) is 0 Å². The lowest BCUT2D eigenvalue weighted by Crippen LogP contribution is -2.44. The number of nitrogens with zero attached hydrogens (tertiary/aromatic N) is 3.